The number of aromatic nitrogens is 1. The Kier molecular flexibility index (Phi) is 10.7. The molecule has 0 aromatic carbocycles. The van der Waals surface area contributed by atoms with E-state index in [1.807, 2.05) is 13.8 Å². The summed E-state index contributed by atoms with van der Waals surface area (Å²) in [5.41, 5.74) is 6.19. The van der Waals surface area contributed by atoms with E-state index in [4.69, 9.17) is 0 Å². The third-order valence-electron chi connectivity index (χ3n) is 7.56. The largest absolute Gasteiger partial charge is 0.362 e. The Labute approximate surface area is 214 Å². The molecule has 1 N–H and O–H groups in total. The van der Waals surface area contributed by atoms with Crippen molar-refractivity contribution in [2.75, 3.05) is 26.2 Å². The predicted octanol–water partition coefficient (Wildman–Crippen LogP) is 8.28. The van der Waals surface area contributed by atoms with Crippen molar-refractivity contribution in [3.63, 3.8) is 0 Å². The highest BCUT2D eigenvalue weighted by atomic mass is 32.1. The van der Waals surface area contributed by atoms with Crippen LogP contribution in [0.15, 0.2) is 12.1 Å². The number of nitrogens with zero attached hydrogens (tertiary/aromatic N) is 2. The maximum Gasteiger partial charge on any atom is 0.0251 e. The summed E-state index contributed by atoms with van der Waals surface area (Å²) >= 11 is 2.08. The Morgan fingerprint density at radius 3 is 1.91 bits per heavy atom. The van der Waals surface area contributed by atoms with Crippen LogP contribution in [-0.2, 0) is 19.5 Å². The van der Waals surface area contributed by atoms with Crippen molar-refractivity contribution >= 4 is 11.3 Å². The van der Waals surface area contributed by atoms with Gasteiger partial charge in [-0.25, -0.2) is 0 Å². The summed E-state index contributed by atoms with van der Waals surface area (Å²) in [7, 11) is 0. The lowest BCUT2D eigenvalue weighted by molar-refractivity contribution is 0.219. The van der Waals surface area contributed by atoms with Crippen LogP contribution in [-0.4, -0.2) is 41.0 Å². The smallest absolute Gasteiger partial charge is 0.0251 e. The minimum Gasteiger partial charge on any atom is -0.362 e. The lowest BCUT2D eigenvalue weighted by Gasteiger charge is -2.26. The van der Waals surface area contributed by atoms with Crippen LogP contribution in [0.4, 0.5) is 0 Å². The molecule has 34 heavy (non-hydrogen) atoms. The van der Waals surface area contributed by atoms with Gasteiger partial charge in [0.2, 0.25) is 0 Å². The molecule has 2 fully saturated rings. The number of H-pyrrole nitrogens is 1. The zero-order chi connectivity index (χ0) is 24.7. The van der Waals surface area contributed by atoms with Crippen LogP contribution in [0.3, 0.4) is 0 Å². The molecule has 4 bridgehead atoms. The second-order valence-electron chi connectivity index (χ2n) is 10.6. The molecular formula is C30H51N3S. The molecule has 0 aliphatic carbocycles. The Bertz CT molecular complexity index is 849. The number of aryl methyl sites for hydroxylation is 1. The lowest BCUT2D eigenvalue weighted by Crippen LogP contribution is -2.29. The number of nitrogens with one attached hydrogen (secondary N) is 1. The van der Waals surface area contributed by atoms with Gasteiger partial charge in [-0.1, -0.05) is 54.9 Å². The van der Waals surface area contributed by atoms with Crippen LogP contribution in [0, 0.1) is 0 Å². The molecule has 8 rings (SSSR count). The van der Waals surface area contributed by atoms with E-state index in [9.17, 15) is 0 Å². The normalized spacial score (nSPS) is 26.0. The zero-order valence-electron chi connectivity index (χ0n) is 23.2. The number of hydrogen-bond donors (Lipinski definition) is 1. The van der Waals surface area contributed by atoms with E-state index in [2.05, 4.69) is 72.9 Å². The molecule has 2 saturated heterocycles. The van der Waals surface area contributed by atoms with Gasteiger partial charge < -0.3 is 4.98 Å². The van der Waals surface area contributed by atoms with E-state index in [-0.39, 0.29) is 0 Å². The summed E-state index contributed by atoms with van der Waals surface area (Å²) in [4.78, 5) is 12.2. The van der Waals surface area contributed by atoms with Gasteiger partial charge in [0.05, 0.1) is 0 Å². The predicted molar refractivity (Wildman–Crippen MR) is 150 cm³/mol. The first-order valence-corrected chi connectivity index (χ1v) is 15.1. The fourth-order valence-corrected chi connectivity index (χ4v) is 6.99. The van der Waals surface area contributed by atoms with Crippen LogP contribution < -0.4 is 0 Å². The lowest BCUT2D eigenvalue weighted by atomic mass is 9.95. The summed E-state index contributed by atoms with van der Waals surface area (Å²) in [6.45, 7) is 22.7. The fraction of sp³-hybridized carbons (Fsp3) is 0.733. The average Bonchev–Trinajstić information content (AvgIpc) is 3.29. The van der Waals surface area contributed by atoms with Gasteiger partial charge in [-0.05, 0) is 93.4 Å². The molecule has 0 atom stereocenters. The highest BCUT2D eigenvalue weighted by molar-refractivity contribution is 7.12. The fourth-order valence-electron chi connectivity index (χ4n) is 5.70. The second-order valence-corrected chi connectivity index (χ2v) is 11.8. The number of fused-ring (bicyclic) bond motifs is 4. The maximum absolute atomic E-state index is 3.67. The van der Waals surface area contributed by atoms with Crippen LogP contribution >= 0.6 is 11.3 Å². The number of thiophene rings is 1. The summed E-state index contributed by atoms with van der Waals surface area (Å²) in [6.07, 6.45) is 7.97. The summed E-state index contributed by atoms with van der Waals surface area (Å²) in [5, 5.41) is 0. The van der Waals surface area contributed by atoms with Crippen molar-refractivity contribution in [1.29, 1.82) is 0 Å². The van der Waals surface area contributed by atoms with Crippen molar-refractivity contribution in [2.24, 2.45) is 0 Å². The van der Waals surface area contributed by atoms with Crippen molar-refractivity contribution in [3.8, 4) is 0 Å². The van der Waals surface area contributed by atoms with E-state index in [1.54, 1.807) is 26.6 Å². The van der Waals surface area contributed by atoms with Gasteiger partial charge >= 0.3 is 0 Å². The molecule has 0 spiro atoms. The molecule has 0 unspecified atom stereocenters. The van der Waals surface area contributed by atoms with Gasteiger partial charge in [-0.2, -0.15) is 0 Å². The van der Waals surface area contributed by atoms with Gasteiger partial charge in [0.25, 0.3) is 0 Å². The topological polar surface area (TPSA) is 22.3 Å². The van der Waals surface area contributed by atoms with Crippen LogP contribution in [0.25, 0.3) is 0 Å². The van der Waals surface area contributed by atoms with Crippen molar-refractivity contribution < 1.29 is 0 Å². The number of hydrogen-bond acceptors (Lipinski definition) is 3. The Morgan fingerprint density at radius 1 is 0.853 bits per heavy atom. The molecule has 2 aromatic rings. The first-order valence-electron chi connectivity index (χ1n) is 14.3. The number of piperidine rings is 2. The molecule has 2 aromatic heterocycles. The Morgan fingerprint density at radius 2 is 1.38 bits per heavy atom. The molecule has 0 saturated carbocycles. The third-order valence-corrected chi connectivity index (χ3v) is 9.04. The standard InChI is InChI=1S/C13H20N2.C12H17NS.C3H8.C2H6/c1-9(2)12-7-11-8-15-5-3-10(4-6-15)13(11)14-12;1-2-11-7-10-8-13-5-3-9(4-6-13)12(10)14-11;1-3-2;1-2/h7,9-10,14H,3-6,8H2,1-2H3;7,9H,2-6,8H2,1H3;3H2,1-2H3;1-2H3. The molecule has 6 aliphatic heterocycles. The highest BCUT2D eigenvalue weighted by Gasteiger charge is 2.30. The minimum atomic E-state index is 0.630. The van der Waals surface area contributed by atoms with E-state index in [1.165, 1.54) is 83.5 Å². The van der Waals surface area contributed by atoms with Gasteiger partial charge in [0, 0.05) is 40.1 Å². The van der Waals surface area contributed by atoms with Gasteiger partial charge in [0.1, 0.15) is 0 Å². The van der Waals surface area contributed by atoms with Crippen molar-refractivity contribution in [1.82, 2.24) is 14.8 Å². The van der Waals surface area contributed by atoms with Crippen molar-refractivity contribution in [2.45, 2.75) is 118 Å². The van der Waals surface area contributed by atoms with Gasteiger partial charge in [-0.3, -0.25) is 9.80 Å². The SMILES string of the molecule is CC.CC(C)c1cc2c([nH]1)C1CCN(CC1)C2.CCC.CCc1cc2c(s1)C1CCN(CC1)C2. The number of aromatic amines is 1. The van der Waals surface area contributed by atoms with E-state index < -0.39 is 0 Å². The average molecular weight is 486 g/mol. The molecule has 3 nitrogen and oxygen atoms in total. The summed E-state index contributed by atoms with van der Waals surface area (Å²) < 4.78 is 0. The van der Waals surface area contributed by atoms with Crippen LogP contribution in [0.1, 0.15) is 131 Å². The molecule has 0 radical (unpaired) electrons. The minimum absolute atomic E-state index is 0.630. The summed E-state index contributed by atoms with van der Waals surface area (Å²) in [5.74, 6) is 2.34. The van der Waals surface area contributed by atoms with E-state index in [0.29, 0.717) is 5.92 Å². The first-order chi connectivity index (χ1) is 16.5. The molecule has 192 valence electrons. The summed E-state index contributed by atoms with van der Waals surface area (Å²) in [6, 6.07) is 4.85. The first kappa shape index (κ1) is 27.5. The number of rotatable bonds is 2. The van der Waals surface area contributed by atoms with Crippen LogP contribution in [0.5, 0.6) is 0 Å². The van der Waals surface area contributed by atoms with Gasteiger partial charge in [0.15, 0.2) is 0 Å². The van der Waals surface area contributed by atoms with E-state index >= 15 is 0 Å². The Hall–Kier alpha value is -1.10. The monoisotopic (exact) mass is 485 g/mol. The third kappa shape index (κ3) is 6.56. The Balaban J connectivity index is 0.000000161. The second kappa shape index (κ2) is 13.3. The van der Waals surface area contributed by atoms with Crippen LogP contribution in [0.2, 0.25) is 0 Å². The molecular weight excluding hydrogens is 434 g/mol. The molecule has 8 heterocycles. The highest BCUT2D eigenvalue weighted by Crippen LogP contribution is 2.40. The maximum atomic E-state index is 3.67. The molecule has 6 aliphatic rings. The quantitative estimate of drug-likeness (QED) is 0.462. The van der Waals surface area contributed by atoms with Crippen molar-refractivity contribution in [3.05, 3.63) is 44.4 Å². The van der Waals surface area contributed by atoms with E-state index in [0.717, 1.165) is 11.8 Å². The molecule has 4 heteroatoms. The molecule has 0 amide bonds. The van der Waals surface area contributed by atoms with Gasteiger partial charge in [-0.15, -0.1) is 11.3 Å². The zero-order valence-corrected chi connectivity index (χ0v) is 24.0.